The quantitative estimate of drug-likeness (QED) is 0.105. The molecule has 233 valence electrons. The zero-order chi connectivity index (χ0) is 31.7. The molecule has 0 unspecified atom stereocenters. The number of nitrogens with zero attached hydrogens (tertiary/aromatic N) is 1. The molecular formula is C39H44IrNO3-. The van der Waals surface area contributed by atoms with Gasteiger partial charge in [0.15, 0.2) is 5.78 Å². The Morgan fingerprint density at radius 2 is 1.57 bits per heavy atom. The maximum absolute atomic E-state index is 11.5. The van der Waals surface area contributed by atoms with E-state index in [1.165, 1.54) is 38.9 Å². The van der Waals surface area contributed by atoms with Gasteiger partial charge in [0.1, 0.15) is 11.3 Å². The summed E-state index contributed by atoms with van der Waals surface area (Å²) < 4.78 is 6.22. The molecule has 0 saturated carbocycles. The third kappa shape index (κ3) is 5.89. The summed E-state index contributed by atoms with van der Waals surface area (Å²) in [6, 6.07) is 20.7. The van der Waals surface area contributed by atoms with Gasteiger partial charge in [0.05, 0.1) is 5.58 Å². The summed E-state index contributed by atoms with van der Waals surface area (Å²) in [7, 11) is 0. The Balaban J connectivity index is 0.000000271. The maximum atomic E-state index is 11.5. The van der Waals surface area contributed by atoms with Crippen molar-refractivity contribution in [3.8, 4) is 11.3 Å². The summed E-state index contributed by atoms with van der Waals surface area (Å²) in [5, 5.41) is 14.4. The van der Waals surface area contributed by atoms with E-state index in [0.717, 1.165) is 27.8 Å². The molecule has 0 amide bonds. The first-order chi connectivity index (χ1) is 19.8. The number of allylic oxidation sites excluding steroid dienone is 2. The number of rotatable bonds is 1. The van der Waals surface area contributed by atoms with Crippen LogP contribution in [0, 0.1) is 16.9 Å². The zero-order valence-electron chi connectivity index (χ0n) is 27.8. The number of fused-ring (bicyclic) bond motifs is 4. The van der Waals surface area contributed by atoms with Crippen LogP contribution in [-0.2, 0) is 35.7 Å². The molecule has 2 aromatic heterocycles. The molecule has 1 aliphatic carbocycles. The largest absolute Gasteiger partial charge is 0.512 e. The summed E-state index contributed by atoms with van der Waals surface area (Å²) in [6.45, 7) is 22.6. The molecule has 0 aliphatic heterocycles. The monoisotopic (exact) mass is 767 g/mol. The van der Waals surface area contributed by atoms with Gasteiger partial charge in [0.2, 0.25) is 0 Å². The van der Waals surface area contributed by atoms with Gasteiger partial charge in [-0.05, 0) is 50.0 Å². The number of hydrogen-bond donors (Lipinski definition) is 1. The zero-order valence-corrected chi connectivity index (χ0v) is 30.2. The van der Waals surface area contributed by atoms with Crippen molar-refractivity contribution < 1.29 is 34.4 Å². The van der Waals surface area contributed by atoms with Gasteiger partial charge in [0.25, 0.3) is 0 Å². The Morgan fingerprint density at radius 1 is 0.909 bits per heavy atom. The van der Waals surface area contributed by atoms with Crippen LogP contribution in [0.25, 0.3) is 44.0 Å². The minimum Gasteiger partial charge on any atom is -0.512 e. The summed E-state index contributed by atoms with van der Waals surface area (Å²) in [4.78, 5) is 16.5. The second-order valence-corrected chi connectivity index (χ2v) is 15.4. The van der Waals surface area contributed by atoms with Gasteiger partial charge in [-0.2, -0.15) is 0 Å². The molecule has 44 heavy (non-hydrogen) atoms. The average Bonchev–Trinajstić information content (AvgIpc) is 3.26. The molecule has 4 nitrogen and oxygen atoms in total. The molecule has 0 spiro atoms. The van der Waals surface area contributed by atoms with Crippen LogP contribution in [0.2, 0.25) is 0 Å². The number of pyridine rings is 1. The van der Waals surface area contributed by atoms with Crippen LogP contribution in [0.15, 0.2) is 71.0 Å². The average molecular weight is 767 g/mol. The van der Waals surface area contributed by atoms with E-state index < -0.39 is 5.41 Å². The fourth-order valence-electron chi connectivity index (χ4n) is 5.70. The van der Waals surface area contributed by atoms with Crippen LogP contribution in [0.5, 0.6) is 0 Å². The fraction of sp³-hybridized carbons (Fsp3) is 0.385. The van der Waals surface area contributed by atoms with Crippen LogP contribution in [-0.4, -0.2) is 15.9 Å². The van der Waals surface area contributed by atoms with Crippen molar-refractivity contribution in [3.63, 3.8) is 0 Å². The molecule has 0 saturated heterocycles. The first-order valence-corrected chi connectivity index (χ1v) is 15.1. The van der Waals surface area contributed by atoms with Gasteiger partial charge in [-0.1, -0.05) is 118 Å². The predicted molar refractivity (Wildman–Crippen MR) is 179 cm³/mol. The Labute approximate surface area is 275 Å². The predicted octanol–water partition coefficient (Wildman–Crippen LogP) is 10.6. The van der Waals surface area contributed by atoms with Gasteiger partial charge in [-0.3, -0.25) is 4.79 Å². The summed E-state index contributed by atoms with van der Waals surface area (Å²) in [5.74, 6) is 0.104. The van der Waals surface area contributed by atoms with Crippen molar-refractivity contribution in [1.82, 2.24) is 4.98 Å². The molecule has 3 aromatic carbocycles. The molecule has 0 fully saturated rings. The van der Waals surface area contributed by atoms with Gasteiger partial charge in [-0.15, -0.1) is 17.7 Å². The molecule has 1 N–H and O–H groups in total. The van der Waals surface area contributed by atoms with E-state index >= 15 is 0 Å². The Morgan fingerprint density at radius 3 is 2.18 bits per heavy atom. The number of ketones is 1. The van der Waals surface area contributed by atoms with Crippen molar-refractivity contribution >= 4 is 38.5 Å². The van der Waals surface area contributed by atoms with E-state index in [2.05, 4.69) is 77.1 Å². The third-order valence-corrected chi connectivity index (χ3v) is 8.52. The topological polar surface area (TPSA) is 63.3 Å². The molecule has 6 rings (SSSR count). The number of carbonyl (C=O) groups excluding carboxylic acids is 1. The molecule has 5 heteroatoms. The van der Waals surface area contributed by atoms with Crippen LogP contribution in [0.1, 0.15) is 92.9 Å². The minimum absolute atomic E-state index is 0. The Hall–Kier alpha value is -3.27. The van der Waals surface area contributed by atoms with Crippen LogP contribution in [0.4, 0.5) is 0 Å². The summed E-state index contributed by atoms with van der Waals surface area (Å²) in [5.41, 5.74) is 6.88. The normalized spacial score (nSPS) is 14.6. The van der Waals surface area contributed by atoms with Crippen molar-refractivity contribution in [2.24, 2.45) is 10.8 Å². The van der Waals surface area contributed by atoms with Crippen molar-refractivity contribution in [3.05, 3.63) is 89.3 Å². The summed E-state index contributed by atoms with van der Waals surface area (Å²) >= 11 is 0. The Kier molecular flexibility index (Phi) is 8.61. The number of aromatic nitrogens is 1. The number of carbonyl (C=O) groups is 1. The SMILES string of the molecule is CC(C)(C)C(=O)/C=C(\O)C(C)(C)C.CC(C)(C)c1ccc2cnc3c(c2c1)C(C)(C)c1cccc2oc4cc[c-]c-3c4c12.[Ir]. The molecule has 1 radical (unpaired) electrons. The first kappa shape index (κ1) is 33.6. The van der Waals surface area contributed by atoms with E-state index in [1.54, 1.807) is 0 Å². The maximum Gasteiger partial charge on any atom is 0.164 e. The Bertz CT molecular complexity index is 1920. The van der Waals surface area contributed by atoms with Gasteiger partial charge in [-0.25, -0.2) is 0 Å². The summed E-state index contributed by atoms with van der Waals surface area (Å²) in [6.07, 6.45) is 3.34. The number of hydrogen-bond acceptors (Lipinski definition) is 4. The number of furan rings is 1. The molecule has 1 aliphatic rings. The molecule has 5 aromatic rings. The smallest absolute Gasteiger partial charge is 0.164 e. The van der Waals surface area contributed by atoms with Crippen LogP contribution < -0.4 is 0 Å². The minimum atomic E-state index is -0.417. The van der Waals surface area contributed by atoms with Crippen LogP contribution >= 0.6 is 0 Å². The van der Waals surface area contributed by atoms with Gasteiger partial charge >= 0.3 is 0 Å². The third-order valence-electron chi connectivity index (χ3n) is 8.52. The van der Waals surface area contributed by atoms with Gasteiger partial charge < -0.3 is 14.5 Å². The second kappa shape index (κ2) is 11.3. The van der Waals surface area contributed by atoms with Crippen molar-refractivity contribution in [1.29, 1.82) is 0 Å². The van der Waals surface area contributed by atoms with E-state index in [9.17, 15) is 9.90 Å². The number of benzene rings is 3. The van der Waals surface area contributed by atoms with Crippen molar-refractivity contribution in [2.75, 3.05) is 0 Å². The number of aliphatic hydroxyl groups excluding tert-OH is 1. The molecule has 0 bridgehead atoms. The number of aliphatic hydroxyl groups is 1. The molecule has 0 atom stereocenters. The van der Waals surface area contributed by atoms with E-state index in [4.69, 9.17) is 9.40 Å². The van der Waals surface area contributed by atoms with Crippen molar-refractivity contribution in [2.45, 2.75) is 87.0 Å². The molecule has 2 heterocycles. The standard InChI is InChI=1S/C28H24NO.C11H20O2.Ir/c1-27(2,3)17-13-12-16-15-29-26-18-8-6-10-21-23(18)24-20(9-7-11-22(24)30-21)28(4,5)25(26)19(16)14-17;1-10(2,3)8(12)7-9(13)11(4,5)6;/h6-7,9-15H,1-5H3;7,12H,1-6H3;/q-1;;/b;8-7-;. The van der Waals surface area contributed by atoms with E-state index in [-0.39, 0.29) is 47.9 Å². The van der Waals surface area contributed by atoms with Gasteiger partial charge in [0, 0.05) is 48.6 Å². The van der Waals surface area contributed by atoms with E-state index in [0.29, 0.717) is 0 Å². The second-order valence-electron chi connectivity index (χ2n) is 15.4. The molecular weight excluding hydrogens is 723 g/mol. The van der Waals surface area contributed by atoms with Crippen LogP contribution in [0.3, 0.4) is 0 Å². The first-order valence-electron chi connectivity index (χ1n) is 15.1. The van der Waals surface area contributed by atoms with E-state index in [1.807, 2.05) is 59.9 Å². The fourth-order valence-corrected chi connectivity index (χ4v) is 5.70.